The number of benzene rings is 3. The SMILES string of the molecule is C/C(=C\c1ccc(C(=O)Oc2ccc(C(=N)N)cc2)cc1)C(=O)N(CC(=O)O)Cc1ccccc1. The standard InChI is InChI=1S/C27H25N3O5/c1-18(26(33)30(17-24(31)32)16-20-5-3-2-4-6-20)15-19-7-9-22(10-8-19)27(34)35-23-13-11-21(12-14-23)25(28)29/h2-15H,16-17H2,1H3,(H3,28,29)(H,31,32)/b18-15+. The van der Waals surface area contributed by atoms with Crippen molar-refractivity contribution < 1.29 is 24.2 Å². The normalized spacial score (nSPS) is 10.9. The summed E-state index contributed by atoms with van der Waals surface area (Å²) in [5.41, 5.74) is 8.12. The van der Waals surface area contributed by atoms with Crippen molar-refractivity contribution in [3.63, 3.8) is 0 Å². The molecule has 0 radical (unpaired) electrons. The van der Waals surface area contributed by atoms with Gasteiger partial charge in [-0.2, -0.15) is 0 Å². The molecule has 0 fully saturated rings. The Morgan fingerprint density at radius 3 is 2.11 bits per heavy atom. The molecule has 1 amide bonds. The van der Waals surface area contributed by atoms with Gasteiger partial charge in [0.15, 0.2) is 0 Å². The Balaban J connectivity index is 1.68. The summed E-state index contributed by atoms with van der Waals surface area (Å²) in [5, 5.41) is 16.6. The number of esters is 1. The third-order valence-electron chi connectivity index (χ3n) is 5.07. The lowest BCUT2D eigenvalue weighted by Gasteiger charge is -2.21. The summed E-state index contributed by atoms with van der Waals surface area (Å²) in [6.45, 7) is 1.38. The number of nitrogen functional groups attached to an aromatic ring is 1. The van der Waals surface area contributed by atoms with Crippen molar-refractivity contribution in [2.75, 3.05) is 6.54 Å². The maximum Gasteiger partial charge on any atom is 0.343 e. The van der Waals surface area contributed by atoms with Crippen molar-refractivity contribution in [3.05, 3.63) is 107 Å². The molecule has 0 aliphatic carbocycles. The lowest BCUT2D eigenvalue weighted by molar-refractivity contribution is -0.143. The quantitative estimate of drug-likeness (QED) is 0.143. The van der Waals surface area contributed by atoms with Crippen molar-refractivity contribution in [1.82, 2.24) is 4.90 Å². The van der Waals surface area contributed by atoms with Crippen LogP contribution in [0.4, 0.5) is 0 Å². The second kappa shape index (κ2) is 11.4. The molecule has 178 valence electrons. The van der Waals surface area contributed by atoms with Gasteiger partial charge in [0.05, 0.1) is 5.56 Å². The first kappa shape index (κ1) is 24.9. The van der Waals surface area contributed by atoms with Gasteiger partial charge in [-0.25, -0.2) is 4.79 Å². The number of hydrogen-bond donors (Lipinski definition) is 3. The fraction of sp³-hybridized carbons (Fsp3) is 0.111. The zero-order valence-corrected chi connectivity index (χ0v) is 19.1. The van der Waals surface area contributed by atoms with Gasteiger partial charge in [0.2, 0.25) is 5.91 Å². The summed E-state index contributed by atoms with van der Waals surface area (Å²) >= 11 is 0. The molecular formula is C27H25N3O5. The third-order valence-corrected chi connectivity index (χ3v) is 5.07. The molecule has 8 nitrogen and oxygen atoms in total. The van der Waals surface area contributed by atoms with Crippen molar-refractivity contribution in [2.45, 2.75) is 13.5 Å². The van der Waals surface area contributed by atoms with Gasteiger partial charge in [0.1, 0.15) is 18.1 Å². The molecule has 0 spiro atoms. The molecule has 0 atom stereocenters. The highest BCUT2D eigenvalue weighted by Gasteiger charge is 2.19. The lowest BCUT2D eigenvalue weighted by atomic mass is 10.1. The minimum absolute atomic E-state index is 0.0774. The summed E-state index contributed by atoms with van der Waals surface area (Å²) in [6.07, 6.45) is 1.64. The van der Waals surface area contributed by atoms with E-state index >= 15 is 0 Å². The maximum absolute atomic E-state index is 12.9. The first-order chi connectivity index (χ1) is 16.7. The molecule has 0 aromatic heterocycles. The van der Waals surface area contributed by atoms with Gasteiger partial charge in [-0.15, -0.1) is 0 Å². The molecule has 0 heterocycles. The van der Waals surface area contributed by atoms with E-state index in [1.807, 2.05) is 30.3 Å². The Morgan fingerprint density at radius 1 is 0.943 bits per heavy atom. The van der Waals surface area contributed by atoms with Crippen LogP contribution < -0.4 is 10.5 Å². The summed E-state index contributed by atoms with van der Waals surface area (Å²) in [4.78, 5) is 37.9. The number of amidine groups is 1. The number of nitrogens with one attached hydrogen (secondary N) is 1. The highest BCUT2D eigenvalue weighted by Crippen LogP contribution is 2.16. The van der Waals surface area contributed by atoms with Gasteiger partial charge in [-0.05, 0) is 60.5 Å². The van der Waals surface area contributed by atoms with E-state index in [1.165, 1.54) is 4.90 Å². The van der Waals surface area contributed by atoms with Crippen LogP contribution in [0.2, 0.25) is 0 Å². The second-order valence-electron chi connectivity index (χ2n) is 7.82. The van der Waals surface area contributed by atoms with E-state index in [-0.39, 0.29) is 12.4 Å². The predicted octanol–water partition coefficient (Wildman–Crippen LogP) is 3.71. The van der Waals surface area contributed by atoms with Crippen molar-refractivity contribution >= 4 is 29.8 Å². The molecule has 35 heavy (non-hydrogen) atoms. The lowest BCUT2D eigenvalue weighted by Crippen LogP contribution is -2.35. The minimum Gasteiger partial charge on any atom is -0.480 e. The smallest absolute Gasteiger partial charge is 0.343 e. The number of rotatable bonds is 9. The molecule has 3 aromatic rings. The van der Waals surface area contributed by atoms with Gasteiger partial charge in [0, 0.05) is 17.7 Å². The third kappa shape index (κ3) is 7.13. The van der Waals surface area contributed by atoms with E-state index in [0.717, 1.165) is 5.56 Å². The fourth-order valence-electron chi connectivity index (χ4n) is 3.31. The highest BCUT2D eigenvalue weighted by molar-refractivity contribution is 5.99. The average Bonchev–Trinajstić information content (AvgIpc) is 2.84. The Bertz CT molecular complexity index is 1250. The number of carboxylic acid groups (broad SMARTS) is 1. The summed E-state index contributed by atoms with van der Waals surface area (Å²) < 4.78 is 5.34. The van der Waals surface area contributed by atoms with Crippen LogP contribution in [-0.4, -0.2) is 40.2 Å². The fourth-order valence-corrected chi connectivity index (χ4v) is 3.31. The van der Waals surface area contributed by atoms with Crippen molar-refractivity contribution in [2.24, 2.45) is 5.73 Å². The number of nitrogens with two attached hydrogens (primary N) is 1. The van der Waals surface area contributed by atoms with Crippen molar-refractivity contribution in [3.8, 4) is 5.75 Å². The van der Waals surface area contributed by atoms with E-state index in [9.17, 15) is 19.5 Å². The monoisotopic (exact) mass is 471 g/mol. The Morgan fingerprint density at radius 2 is 1.54 bits per heavy atom. The molecule has 8 heteroatoms. The largest absolute Gasteiger partial charge is 0.480 e. The molecule has 3 rings (SSSR count). The first-order valence-corrected chi connectivity index (χ1v) is 10.7. The number of nitrogens with zero attached hydrogens (tertiary/aromatic N) is 1. The van der Waals surface area contributed by atoms with E-state index in [0.29, 0.717) is 28.0 Å². The van der Waals surface area contributed by atoms with Crippen LogP contribution in [0.3, 0.4) is 0 Å². The van der Waals surface area contributed by atoms with Gasteiger partial charge in [0.25, 0.3) is 0 Å². The zero-order chi connectivity index (χ0) is 25.4. The van der Waals surface area contributed by atoms with Gasteiger partial charge in [-0.3, -0.25) is 15.0 Å². The Hall–Kier alpha value is -4.72. The molecule has 0 aliphatic heterocycles. The van der Waals surface area contributed by atoms with Gasteiger partial charge in [-0.1, -0.05) is 42.5 Å². The highest BCUT2D eigenvalue weighted by atomic mass is 16.5. The topological polar surface area (TPSA) is 134 Å². The number of aliphatic carboxylic acids is 1. The Kier molecular flexibility index (Phi) is 8.13. The molecular weight excluding hydrogens is 446 g/mol. The molecule has 0 saturated carbocycles. The molecule has 0 bridgehead atoms. The number of carbonyl (C=O) groups is 3. The zero-order valence-electron chi connectivity index (χ0n) is 19.1. The summed E-state index contributed by atoms with van der Waals surface area (Å²) in [5.74, 6) is -1.80. The average molecular weight is 472 g/mol. The number of carbonyl (C=O) groups excluding carboxylic acids is 2. The predicted molar refractivity (Wildman–Crippen MR) is 132 cm³/mol. The second-order valence-corrected chi connectivity index (χ2v) is 7.82. The van der Waals surface area contributed by atoms with Gasteiger partial charge >= 0.3 is 11.9 Å². The van der Waals surface area contributed by atoms with Crippen molar-refractivity contribution in [1.29, 1.82) is 5.41 Å². The van der Waals surface area contributed by atoms with Crippen LogP contribution >= 0.6 is 0 Å². The first-order valence-electron chi connectivity index (χ1n) is 10.7. The molecule has 3 aromatic carbocycles. The van der Waals surface area contributed by atoms with Crippen LogP contribution in [0.1, 0.15) is 34.0 Å². The van der Waals surface area contributed by atoms with Crippen LogP contribution in [-0.2, 0) is 16.1 Å². The van der Waals surface area contributed by atoms with E-state index in [4.69, 9.17) is 15.9 Å². The van der Waals surface area contributed by atoms with Crippen LogP contribution in [0, 0.1) is 5.41 Å². The minimum atomic E-state index is -1.10. The summed E-state index contributed by atoms with van der Waals surface area (Å²) in [7, 11) is 0. The van der Waals surface area contributed by atoms with E-state index in [2.05, 4.69) is 0 Å². The molecule has 4 N–H and O–H groups in total. The number of amides is 1. The number of hydrogen-bond acceptors (Lipinski definition) is 5. The molecule has 0 saturated heterocycles. The number of carboxylic acids is 1. The number of ether oxygens (including phenoxy) is 1. The molecule has 0 unspecified atom stereocenters. The van der Waals surface area contributed by atoms with E-state index in [1.54, 1.807) is 61.5 Å². The van der Waals surface area contributed by atoms with Crippen LogP contribution in [0.5, 0.6) is 5.75 Å². The maximum atomic E-state index is 12.9. The van der Waals surface area contributed by atoms with Gasteiger partial charge < -0.3 is 20.5 Å². The summed E-state index contributed by atoms with van der Waals surface area (Å²) in [6, 6.07) is 21.9. The van der Waals surface area contributed by atoms with E-state index < -0.39 is 24.4 Å². The van der Waals surface area contributed by atoms with Crippen LogP contribution in [0.25, 0.3) is 6.08 Å². The molecule has 0 aliphatic rings. The van der Waals surface area contributed by atoms with Crippen LogP contribution in [0.15, 0.2) is 84.4 Å². The Labute approximate surface area is 202 Å².